The van der Waals surface area contributed by atoms with Gasteiger partial charge in [-0.2, -0.15) is 0 Å². The highest BCUT2D eigenvalue weighted by molar-refractivity contribution is 8.00. The lowest BCUT2D eigenvalue weighted by molar-refractivity contribution is 0.597. The second-order valence-corrected chi connectivity index (χ2v) is 9.03. The summed E-state index contributed by atoms with van der Waals surface area (Å²) in [6.45, 7) is 0. The van der Waals surface area contributed by atoms with Gasteiger partial charge in [0, 0.05) is 10.8 Å². The van der Waals surface area contributed by atoms with Crippen LogP contribution in [0.4, 0.5) is 0 Å². The van der Waals surface area contributed by atoms with E-state index in [0.717, 1.165) is 5.69 Å². The van der Waals surface area contributed by atoms with Gasteiger partial charge in [-0.1, -0.05) is 53.2 Å². The SMILES string of the molecule is O=S(=O)(CCSc1ncn(-c2ccccc2)n1)c1cc(Cl)ccc1Cl. The van der Waals surface area contributed by atoms with E-state index in [9.17, 15) is 8.42 Å². The summed E-state index contributed by atoms with van der Waals surface area (Å²) in [6, 6.07) is 14.0. The minimum atomic E-state index is -3.53. The quantitative estimate of drug-likeness (QED) is 0.568. The molecule has 0 saturated carbocycles. The molecule has 9 heteroatoms. The fraction of sp³-hybridized carbons (Fsp3) is 0.125. The van der Waals surface area contributed by atoms with Crippen LogP contribution in [0.25, 0.3) is 5.69 Å². The fourth-order valence-electron chi connectivity index (χ4n) is 2.09. The van der Waals surface area contributed by atoms with Crippen LogP contribution in [0.5, 0.6) is 0 Å². The molecule has 0 bridgehead atoms. The molecule has 0 atom stereocenters. The number of nitrogens with zero attached hydrogens (tertiary/aromatic N) is 3. The van der Waals surface area contributed by atoms with Crippen molar-refractivity contribution in [2.45, 2.75) is 10.1 Å². The lowest BCUT2D eigenvalue weighted by atomic mass is 10.3. The third-order valence-corrected chi connectivity index (χ3v) is 6.84. The number of benzene rings is 2. The van der Waals surface area contributed by atoms with E-state index in [1.807, 2.05) is 30.3 Å². The summed E-state index contributed by atoms with van der Waals surface area (Å²) < 4.78 is 26.5. The van der Waals surface area contributed by atoms with Crippen molar-refractivity contribution in [3.05, 3.63) is 64.9 Å². The summed E-state index contributed by atoms with van der Waals surface area (Å²) >= 11 is 13.1. The topological polar surface area (TPSA) is 64.8 Å². The van der Waals surface area contributed by atoms with Crippen LogP contribution in [0.2, 0.25) is 10.0 Å². The Balaban J connectivity index is 1.65. The van der Waals surface area contributed by atoms with Crippen LogP contribution >= 0.6 is 35.0 Å². The van der Waals surface area contributed by atoms with Gasteiger partial charge in [-0.3, -0.25) is 0 Å². The van der Waals surface area contributed by atoms with Gasteiger partial charge in [0.05, 0.1) is 21.4 Å². The largest absolute Gasteiger partial charge is 0.224 e. The molecule has 3 rings (SSSR count). The van der Waals surface area contributed by atoms with Gasteiger partial charge >= 0.3 is 0 Å². The third-order valence-electron chi connectivity index (χ3n) is 3.30. The Morgan fingerprint density at radius 1 is 1.08 bits per heavy atom. The van der Waals surface area contributed by atoms with Crippen molar-refractivity contribution < 1.29 is 8.42 Å². The molecule has 25 heavy (non-hydrogen) atoms. The molecule has 0 radical (unpaired) electrons. The molecule has 0 fully saturated rings. The number of hydrogen-bond acceptors (Lipinski definition) is 5. The minimum absolute atomic E-state index is 0.0463. The van der Waals surface area contributed by atoms with Crippen molar-refractivity contribution in [3.8, 4) is 5.69 Å². The van der Waals surface area contributed by atoms with Crippen LogP contribution in [0.3, 0.4) is 0 Å². The average Bonchev–Trinajstić information content (AvgIpc) is 3.06. The third kappa shape index (κ3) is 4.55. The zero-order chi connectivity index (χ0) is 17.9. The molecule has 0 N–H and O–H groups in total. The number of aromatic nitrogens is 3. The van der Waals surface area contributed by atoms with E-state index >= 15 is 0 Å². The van der Waals surface area contributed by atoms with Crippen LogP contribution in [-0.2, 0) is 9.84 Å². The average molecular weight is 414 g/mol. The molecule has 0 amide bonds. The molecular formula is C16H13Cl2N3O2S2. The maximum Gasteiger partial charge on any atom is 0.208 e. The van der Waals surface area contributed by atoms with Crippen molar-refractivity contribution in [2.24, 2.45) is 0 Å². The molecule has 0 spiro atoms. The Morgan fingerprint density at radius 2 is 1.84 bits per heavy atom. The van der Waals surface area contributed by atoms with Crippen molar-refractivity contribution in [2.75, 3.05) is 11.5 Å². The molecule has 0 unspecified atom stereocenters. The van der Waals surface area contributed by atoms with E-state index in [2.05, 4.69) is 10.1 Å². The molecule has 130 valence electrons. The van der Waals surface area contributed by atoms with Crippen LogP contribution in [0.1, 0.15) is 0 Å². The van der Waals surface area contributed by atoms with E-state index in [0.29, 0.717) is 15.9 Å². The molecule has 2 aromatic carbocycles. The Hall–Kier alpha value is -1.54. The van der Waals surface area contributed by atoms with E-state index in [1.165, 1.54) is 23.9 Å². The number of thioether (sulfide) groups is 1. The van der Waals surface area contributed by atoms with E-state index in [-0.39, 0.29) is 15.7 Å². The summed E-state index contributed by atoms with van der Waals surface area (Å²) in [6.07, 6.45) is 1.60. The van der Waals surface area contributed by atoms with Gasteiger partial charge in [0.25, 0.3) is 0 Å². The first-order valence-corrected chi connectivity index (χ1v) is 10.6. The van der Waals surface area contributed by atoms with Crippen molar-refractivity contribution >= 4 is 44.8 Å². The first kappa shape index (κ1) is 18.3. The lowest BCUT2D eigenvalue weighted by Gasteiger charge is -2.06. The van der Waals surface area contributed by atoms with Crippen LogP contribution in [-0.4, -0.2) is 34.7 Å². The summed E-state index contributed by atoms with van der Waals surface area (Å²) in [5.74, 6) is 0.224. The zero-order valence-corrected chi connectivity index (χ0v) is 16.0. The second kappa shape index (κ2) is 7.78. The number of sulfone groups is 1. The monoisotopic (exact) mass is 413 g/mol. The van der Waals surface area contributed by atoms with E-state index in [4.69, 9.17) is 23.2 Å². The Kier molecular flexibility index (Phi) is 5.68. The Morgan fingerprint density at radius 3 is 2.60 bits per heavy atom. The maximum absolute atomic E-state index is 12.4. The second-order valence-electron chi connectivity index (χ2n) is 5.05. The first-order chi connectivity index (χ1) is 12.0. The summed E-state index contributed by atoms with van der Waals surface area (Å²) in [5.41, 5.74) is 0.889. The highest BCUT2D eigenvalue weighted by Gasteiger charge is 2.19. The normalized spacial score (nSPS) is 11.6. The van der Waals surface area contributed by atoms with Gasteiger partial charge in [0.1, 0.15) is 6.33 Å². The molecule has 1 aromatic heterocycles. The number of hydrogen-bond donors (Lipinski definition) is 0. The zero-order valence-electron chi connectivity index (χ0n) is 12.8. The molecule has 0 aliphatic carbocycles. The fourth-order valence-corrected chi connectivity index (χ4v) is 5.35. The van der Waals surface area contributed by atoms with Crippen molar-refractivity contribution in [1.29, 1.82) is 0 Å². The number of para-hydroxylation sites is 1. The summed E-state index contributed by atoms with van der Waals surface area (Å²) in [5, 5.41) is 5.34. The summed E-state index contributed by atoms with van der Waals surface area (Å²) in [4.78, 5) is 4.24. The van der Waals surface area contributed by atoms with Gasteiger partial charge in [-0.05, 0) is 30.3 Å². The molecule has 0 aliphatic heterocycles. The highest BCUT2D eigenvalue weighted by atomic mass is 35.5. The predicted octanol–water partition coefficient (Wildman–Crippen LogP) is 4.14. The van der Waals surface area contributed by atoms with Gasteiger partial charge in [0.15, 0.2) is 9.84 Å². The Labute approximate surface area is 159 Å². The van der Waals surface area contributed by atoms with E-state index < -0.39 is 9.84 Å². The lowest BCUT2D eigenvalue weighted by Crippen LogP contribution is -2.09. The van der Waals surface area contributed by atoms with Gasteiger partial charge in [-0.15, -0.1) is 5.10 Å². The first-order valence-electron chi connectivity index (χ1n) is 7.23. The van der Waals surface area contributed by atoms with Crippen molar-refractivity contribution in [1.82, 2.24) is 14.8 Å². The Bertz CT molecular complexity index is 976. The number of rotatable bonds is 6. The molecule has 1 heterocycles. The van der Waals surface area contributed by atoms with Gasteiger partial charge in [0.2, 0.25) is 5.16 Å². The smallest absolute Gasteiger partial charge is 0.208 e. The summed E-state index contributed by atoms with van der Waals surface area (Å²) in [7, 11) is -3.53. The van der Waals surface area contributed by atoms with Crippen LogP contribution in [0, 0.1) is 0 Å². The van der Waals surface area contributed by atoms with Crippen LogP contribution in [0.15, 0.2) is 64.9 Å². The maximum atomic E-state index is 12.4. The van der Waals surface area contributed by atoms with E-state index in [1.54, 1.807) is 17.1 Å². The molecular weight excluding hydrogens is 401 g/mol. The molecule has 0 saturated heterocycles. The van der Waals surface area contributed by atoms with Crippen LogP contribution < -0.4 is 0 Å². The molecule has 0 aliphatic rings. The van der Waals surface area contributed by atoms with Gasteiger partial charge in [-0.25, -0.2) is 18.1 Å². The molecule has 5 nitrogen and oxygen atoms in total. The standard InChI is InChI=1S/C16H13Cl2N3O2S2/c17-12-6-7-14(18)15(10-12)25(22,23)9-8-24-16-19-11-21(20-16)13-4-2-1-3-5-13/h1-7,10-11H,8-9H2. The number of halogens is 2. The minimum Gasteiger partial charge on any atom is -0.224 e. The van der Waals surface area contributed by atoms with Crippen molar-refractivity contribution in [3.63, 3.8) is 0 Å². The highest BCUT2D eigenvalue weighted by Crippen LogP contribution is 2.27. The predicted molar refractivity (Wildman–Crippen MR) is 101 cm³/mol. The van der Waals surface area contributed by atoms with Gasteiger partial charge < -0.3 is 0 Å². The molecule has 3 aromatic rings.